The van der Waals surface area contributed by atoms with Gasteiger partial charge >= 0.3 is 17.9 Å². The fourth-order valence-electron chi connectivity index (χ4n) is 1.19. The van der Waals surface area contributed by atoms with Crippen LogP contribution in [0.5, 0.6) is 0 Å². The molecule has 0 atom stereocenters. The molecule has 0 bridgehead atoms. The third kappa shape index (κ3) is 2.49. The van der Waals surface area contributed by atoms with Crippen molar-refractivity contribution in [2.24, 2.45) is 0 Å². The largest absolute Gasteiger partial charge is 0.449 e. The lowest BCUT2D eigenvalue weighted by Gasteiger charge is -2.32. The van der Waals surface area contributed by atoms with Crippen molar-refractivity contribution in [1.29, 1.82) is 0 Å². The quantitative estimate of drug-likeness (QED) is 0.385. The van der Waals surface area contributed by atoms with Gasteiger partial charge in [-0.15, -0.1) is 0 Å². The summed E-state index contributed by atoms with van der Waals surface area (Å²) >= 11 is 0. The van der Waals surface area contributed by atoms with E-state index < -0.39 is 34.1 Å². The Morgan fingerprint density at radius 3 is 2.05 bits per heavy atom. The fourth-order valence-corrected chi connectivity index (χ4v) is 1.19. The zero-order chi connectivity index (χ0) is 15.1. The average molecular weight is 287 g/mol. The van der Waals surface area contributed by atoms with E-state index in [1.165, 1.54) is 0 Å². The van der Waals surface area contributed by atoms with Gasteiger partial charge in [0.15, 0.2) is 0 Å². The summed E-state index contributed by atoms with van der Waals surface area (Å²) in [6.45, 7) is 0. The van der Waals surface area contributed by atoms with Gasteiger partial charge in [-0.3, -0.25) is 10.1 Å². The van der Waals surface area contributed by atoms with Gasteiger partial charge in [-0.05, 0) is 0 Å². The summed E-state index contributed by atoms with van der Waals surface area (Å²) in [5.74, 6) is -10.5. The van der Waals surface area contributed by atoms with Crippen LogP contribution in [0.25, 0.3) is 0 Å². The normalized spacial score (nSPS) is 13.4. The average Bonchev–Trinajstić information content (AvgIpc) is 2.27. The minimum absolute atomic E-state index is 0.132. The summed E-state index contributed by atoms with van der Waals surface area (Å²) in [4.78, 5) is 9.23. The Morgan fingerprint density at radius 2 is 1.63 bits per heavy atom. The first-order valence-electron chi connectivity index (χ1n) is 4.55. The van der Waals surface area contributed by atoms with E-state index in [1.54, 1.807) is 0 Å². The molecule has 0 spiro atoms. The number of nitrogens with zero attached hydrogens (tertiary/aromatic N) is 1. The van der Waals surface area contributed by atoms with Crippen molar-refractivity contribution in [3.05, 3.63) is 39.9 Å². The predicted molar refractivity (Wildman–Crippen MR) is 50.2 cm³/mol. The van der Waals surface area contributed by atoms with Crippen LogP contribution in [0.2, 0.25) is 0 Å². The van der Waals surface area contributed by atoms with Gasteiger partial charge in [0.2, 0.25) is 0 Å². The first kappa shape index (κ1) is 15.2. The molecule has 0 heterocycles. The van der Waals surface area contributed by atoms with Gasteiger partial charge in [0, 0.05) is 17.7 Å². The zero-order valence-corrected chi connectivity index (χ0v) is 8.86. The van der Waals surface area contributed by atoms with E-state index in [9.17, 15) is 32.1 Å². The fraction of sp³-hybridized carbons (Fsp3) is 0.333. The summed E-state index contributed by atoms with van der Waals surface area (Å²) in [6.07, 6.45) is -6.04. The lowest BCUT2D eigenvalue weighted by atomic mass is 9.99. The molecule has 0 aliphatic carbocycles. The molecule has 0 radical (unpaired) electrons. The Balaban J connectivity index is 3.35. The van der Waals surface area contributed by atoms with Crippen LogP contribution in [-0.2, 0) is 5.92 Å². The van der Waals surface area contributed by atoms with Crippen LogP contribution in [0.3, 0.4) is 0 Å². The van der Waals surface area contributed by atoms with Crippen LogP contribution < -0.4 is 0 Å². The second-order valence-corrected chi connectivity index (χ2v) is 3.55. The van der Waals surface area contributed by atoms with E-state index in [-0.39, 0.29) is 6.07 Å². The Bertz CT molecular complexity index is 500. The number of nitro groups is 1. The second-order valence-electron chi connectivity index (χ2n) is 3.55. The third-order valence-corrected chi connectivity index (χ3v) is 2.25. The van der Waals surface area contributed by atoms with Crippen LogP contribution in [0, 0.1) is 10.1 Å². The Kier molecular flexibility index (Phi) is 3.52. The molecule has 1 rings (SSSR count). The monoisotopic (exact) mass is 287 g/mol. The molecule has 0 aromatic heterocycles. The number of benzene rings is 1. The Morgan fingerprint density at radius 1 is 1.11 bits per heavy atom. The third-order valence-electron chi connectivity index (χ3n) is 2.25. The number of halogens is 5. The molecule has 1 aromatic rings. The second kappa shape index (κ2) is 4.38. The predicted octanol–water partition coefficient (Wildman–Crippen LogP) is 1.93. The molecule has 0 amide bonds. The smallest absolute Gasteiger partial charge is 0.354 e. The highest BCUT2D eigenvalue weighted by atomic mass is 19.4. The molecule has 0 aliphatic heterocycles. The molecule has 0 saturated carbocycles. The number of nitro benzene ring substituents is 1. The SMILES string of the molecule is O=[N+]([O-])c1cccc(C(F)(F)C(O)(O)C(F)(F)F)c1. The maximum absolute atomic E-state index is 13.4. The van der Waals surface area contributed by atoms with Gasteiger partial charge in [-0.1, -0.05) is 12.1 Å². The molecule has 0 unspecified atom stereocenters. The van der Waals surface area contributed by atoms with Crippen molar-refractivity contribution in [3.63, 3.8) is 0 Å². The maximum Gasteiger partial charge on any atom is 0.449 e. The molecular weight excluding hydrogens is 281 g/mol. The number of aliphatic hydroxyl groups is 2. The van der Waals surface area contributed by atoms with E-state index in [0.717, 1.165) is 6.07 Å². The van der Waals surface area contributed by atoms with Crippen molar-refractivity contribution in [2.75, 3.05) is 0 Å². The van der Waals surface area contributed by atoms with Gasteiger partial charge in [0.1, 0.15) is 0 Å². The summed E-state index contributed by atoms with van der Waals surface area (Å²) in [5, 5.41) is 27.5. The first-order chi connectivity index (χ1) is 8.41. The molecule has 10 heteroatoms. The first-order valence-corrected chi connectivity index (χ1v) is 4.55. The van der Waals surface area contributed by atoms with Gasteiger partial charge < -0.3 is 10.2 Å². The molecule has 106 valence electrons. The molecule has 0 saturated heterocycles. The van der Waals surface area contributed by atoms with Gasteiger partial charge in [0.25, 0.3) is 5.69 Å². The summed E-state index contributed by atoms with van der Waals surface area (Å²) in [5.41, 5.74) is -2.45. The van der Waals surface area contributed by atoms with Crippen LogP contribution in [0.4, 0.5) is 27.6 Å². The molecule has 0 fully saturated rings. The number of rotatable bonds is 3. The highest BCUT2D eigenvalue weighted by Crippen LogP contribution is 2.46. The minimum Gasteiger partial charge on any atom is -0.354 e. The van der Waals surface area contributed by atoms with Crippen molar-refractivity contribution in [1.82, 2.24) is 0 Å². The highest BCUT2D eigenvalue weighted by molar-refractivity contribution is 5.37. The molecule has 0 aliphatic rings. The van der Waals surface area contributed by atoms with Crippen LogP contribution >= 0.6 is 0 Å². The van der Waals surface area contributed by atoms with E-state index in [4.69, 9.17) is 10.2 Å². The van der Waals surface area contributed by atoms with E-state index in [0.29, 0.717) is 12.1 Å². The van der Waals surface area contributed by atoms with Crippen molar-refractivity contribution in [3.8, 4) is 0 Å². The maximum atomic E-state index is 13.4. The summed E-state index contributed by atoms with van der Waals surface area (Å²) in [6, 6.07) is 2.02. The van der Waals surface area contributed by atoms with Gasteiger partial charge in [-0.25, -0.2) is 0 Å². The summed E-state index contributed by atoms with van der Waals surface area (Å²) < 4.78 is 63.3. The van der Waals surface area contributed by atoms with Crippen molar-refractivity contribution < 1.29 is 37.1 Å². The Hall–Kier alpha value is -1.81. The number of non-ortho nitro benzene ring substituents is 1. The summed E-state index contributed by atoms with van der Waals surface area (Å²) in [7, 11) is 0. The Labute approximate surface area is 102 Å². The molecule has 5 nitrogen and oxygen atoms in total. The molecule has 19 heavy (non-hydrogen) atoms. The van der Waals surface area contributed by atoms with E-state index >= 15 is 0 Å². The zero-order valence-electron chi connectivity index (χ0n) is 8.86. The molecule has 2 N–H and O–H groups in total. The van der Waals surface area contributed by atoms with Gasteiger partial charge in [-0.2, -0.15) is 22.0 Å². The number of hydrogen-bond acceptors (Lipinski definition) is 4. The highest BCUT2D eigenvalue weighted by Gasteiger charge is 2.69. The van der Waals surface area contributed by atoms with Crippen LogP contribution in [-0.4, -0.2) is 27.1 Å². The number of alkyl halides is 5. The van der Waals surface area contributed by atoms with Crippen LogP contribution in [0.1, 0.15) is 5.56 Å². The van der Waals surface area contributed by atoms with Crippen molar-refractivity contribution >= 4 is 5.69 Å². The number of hydrogen-bond donors (Lipinski definition) is 2. The van der Waals surface area contributed by atoms with E-state index in [1.807, 2.05) is 0 Å². The topological polar surface area (TPSA) is 83.6 Å². The lowest BCUT2D eigenvalue weighted by Crippen LogP contribution is -2.57. The standard InChI is InChI=1S/C9H6F5NO4/c10-7(11,8(16,17)9(12,13)14)5-2-1-3-6(4-5)15(18)19/h1-4,16-17H. The van der Waals surface area contributed by atoms with Crippen LogP contribution in [0.15, 0.2) is 24.3 Å². The lowest BCUT2D eigenvalue weighted by molar-refractivity contribution is -0.421. The van der Waals surface area contributed by atoms with Gasteiger partial charge in [0.05, 0.1) is 4.92 Å². The van der Waals surface area contributed by atoms with E-state index in [2.05, 4.69) is 0 Å². The minimum atomic E-state index is -6.04. The van der Waals surface area contributed by atoms with Crippen molar-refractivity contribution in [2.45, 2.75) is 17.9 Å². The molecule has 1 aromatic carbocycles. The molecular formula is C9H6F5NO4.